The van der Waals surface area contributed by atoms with Gasteiger partial charge in [0.05, 0.1) is 68.1 Å². The van der Waals surface area contributed by atoms with Crippen LogP contribution in [0.2, 0.25) is 0 Å². The first-order valence-corrected chi connectivity index (χ1v) is 47.3. The van der Waals surface area contributed by atoms with Crippen molar-refractivity contribution >= 4 is 112 Å². The minimum Gasteiger partial charge on any atom is -0.481 e. The SMILES string of the molecule is CCCSCC1O[C@@H]2O[C@@H]3C(CSCCC(=O)O)O[C@H](O[C@@H]4C(CSCCC(=O)O)O[C@H](O[C@@H]5C(CSCCC(=O)O)OC(O[C@@H]6C(CSCC)O[C@H](O[C@@H]7C(CSCC)O[C@@H](O[C@@H]8C(CSCC)O[C@H](O[C@@H]9C(CSCC)O[C@H](O[C@H]1[C@H](O)C2O)C(O)[C@H]9O)C(O)[C@H]8O)C(O)[C@H]7O)C(O)[C@H]6O)[C@@H](O)[C@H]5O)C(O)[C@H]4O)C(O)[C@H]3O. The fraction of sp³-hybridized carbons (Fsp3) is 0.956. The largest absolute Gasteiger partial charge is 0.481 e. The van der Waals surface area contributed by atoms with Crippen LogP contribution in [0.25, 0.3) is 0 Å². The Balaban J connectivity index is 1.08. The van der Waals surface area contributed by atoms with Crippen molar-refractivity contribution in [1.29, 1.82) is 0 Å². The first kappa shape index (κ1) is 97.7. The van der Waals surface area contributed by atoms with E-state index in [4.69, 9.17) is 75.8 Å². The molecule has 0 aliphatic carbocycles. The molecule has 46 heteroatoms. The number of hydrogen-bond donors (Lipinski definition) is 19. The number of aliphatic carboxylic acids is 3. The highest BCUT2D eigenvalue weighted by Gasteiger charge is 2.61. The van der Waals surface area contributed by atoms with Gasteiger partial charge in [-0.3, -0.25) is 14.4 Å². The Morgan fingerprint density at radius 1 is 0.211 bits per heavy atom. The summed E-state index contributed by atoms with van der Waals surface area (Å²) in [5.74, 6) is -1.95. The Morgan fingerprint density at radius 3 is 0.482 bits per heavy atom. The molecule has 0 radical (unpaired) electrons. The summed E-state index contributed by atoms with van der Waals surface area (Å²) in [6.07, 6.45) is -72.4. The maximum atomic E-state index is 12.2. The summed E-state index contributed by atoms with van der Waals surface area (Å²) in [4.78, 5) is 35.2. The number of ether oxygens (including phenoxy) is 16. The molecule has 0 spiro atoms. The zero-order valence-corrected chi connectivity index (χ0v) is 69.8. The molecule has 16 unspecified atom stereocenters. The number of carbonyl (C=O) groups is 3. The average Bonchev–Trinajstić information content (AvgIpc) is 0.772. The van der Waals surface area contributed by atoms with Crippen LogP contribution in [0.5, 0.6) is 0 Å². The lowest BCUT2D eigenvalue weighted by Gasteiger charge is -2.51. The summed E-state index contributed by atoms with van der Waals surface area (Å²) in [5, 5.41) is 223. The molecular weight excluding hydrogens is 1680 g/mol. The predicted octanol–water partition coefficient (Wildman–Crippen LogP) is -4.57. The van der Waals surface area contributed by atoms with Crippen molar-refractivity contribution < 1.29 is 187 Å². The van der Waals surface area contributed by atoms with E-state index < -0.39 is 264 Å². The number of aliphatic hydroxyl groups excluding tert-OH is 16. The van der Waals surface area contributed by atoms with Gasteiger partial charge < -0.3 is 173 Å². The first-order chi connectivity index (χ1) is 54.5. The number of carboxylic acids is 3. The van der Waals surface area contributed by atoms with Gasteiger partial charge in [-0.2, -0.15) is 94.1 Å². The number of hydrogen-bond acceptors (Lipinski definition) is 43. The van der Waals surface area contributed by atoms with E-state index in [-0.39, 0.29) is 82.5 Å². The third kappa shape index (κ3) is 25.2. The molecule has 30 heterocycles. The van der Waals surface area contributed by atoms with Crippen LogP contribution >= 0.6 is 94.1 Å². The van der Waals surface area contributed by atoms with E-state index in [0.29, 0.717) is 35.2 Å². The second-order valence-electron chi connectivity index (χ2n) is 28.4. The number of thioether (sulfide) groups is 8. The first-order valence-electron chi connectivity index (χ1n) is 38.1. The Labute approximate surface area is 693 Å². The molecule has 0 aromatic heterocycles. The van der Waals surface area contributed by atoms with E-state index in [9.17, 15) is 111 Å². The van der Waals surface area contributed by atoms with Crippen molar-refractivity contribution in [1.82, 2.24) is 0 Å². The molecule has 662 valence electrons. The van der Waals surface area contributed by atoms with E-state index in [1.807, 2.05) is 34.6 Å². The van der Waals surface area contributed by atoms with Crippen molar-refractivity contribution in [2.75, 3.05) is 92.0 Å². The normalized spacial score (nSPS) is 45.3. The Hall–Kier alpha value is -0.0700. The molecule has 30 saturated heterocycles. The maximum absolute atomic E-state index is 12.2. The van der Waals surface area contributed by atoms with E-state index in [0.717, 1.165) is 35.3 Å². The quantitative estimate of drug-likeness (QED) is 0.0291. The van der Waals surface area contributed by atoms with Crippen molar-refractivity contribution in [2.45, 2.75) is 306 Å². The molecule has 0 saturated carbocycles. The van der Waals surface area contributed by atoms with Gasteiger partial charge in [-0.1, -0.05) is 34.6 Å². The Morgan fingerprint density at radius 2 is 0.351 bits per heavy atom. The molecule has 0 aromatic carbocycles. The minimum absolute atomic E-state index is 0.00164. The van der Waals surface area contributed by atoms with Gasteiger partial charge >= 0.3 is 17.9 Å². The van der Waals surface area contributed by atoms with Gasteiger partial charge in [-0.05, 0) is 35.2 Å². The highest BCUT2D eigenvalue weighted by atomic mass is 32.2. The predicted molar refractivity (Wildman–Crippen MR) is 413 cm³/mol. The average molecular weight is 1800 g/mol. The molecule has 30 fully saturated rings. The third-order valence-electron chi connectivity index (χ3n) is 20.3. The summed E-state index contributed by atoms with van der Waals surface area (Å²) in [6.45, 7) is 9.20. The summed E-state index contributed by atoms with van der Waals surface area (Å²) >= 11 is 9.49. The van der Waals surface area contributed by atoms with E-state index in [1.165, 1.54) is 58.8 Å². The van der Waals surface area contributed by atoms with Crippen LogP contribution in [-0.2, 0) is 90.2 Å². The molecular formula is C68H114O38S8. The van der Waals surface area contributed by atoms with Gasteiger partial charge in [0.25, 0.3) is 0 Å². The fourth-order valence-electron chi connectivity index (χ4n) is 14.2. The molecule has 0 aromatic rings. The second-order valence-corrected chi connectivity index (χ2v) is 38.2. The van der Waals surface area contributed by atoms with Crippen LogP contribution in [0.3, 0.4) is 0 Å². The molecule has 38 nitrogen and oxygen atoms in total. The van der Waals surface area contributed by atoms with Crippen LogP contribution in [-0.4, -0.2) is 453 Å². The number of carboxylic acid groups (broad SMARTS) is 3. The minimum atomic E-state index is -2.20. The molecule has 40 atom stereocenters. The molecule has 114 heavy (non-hydrogen) atoms. The van der Waals surface area contributed by atoms with Crippen molar-refractivity contribution in [3.8, 4) is 0 Å². The zero-order chi connectivity index (χ0) is 82.9. The summed E-state index contributed by atoms with van der Waals surface area (Å²) in [7, 11) is 0. The van der Waals surface area contributed by atoms with Crippen LogP contribution in [0.1, 0.15) is 60.3 Å². The molecule has 0 amide bonds. The zero-order valence-electron chi connectivity index (χ0n) is 63.3. The van der Waals surface area contributed by atoms with Crippen molar-refractivity contribution in [3.63, 3.8) is 0 Å². The fourth-order valence-corrected chi connectivity index (χ4v) is 21.0. The van der Waals surface area contributed by atoms with Crippen molar-refractivity contribution in [2.24, 2.45) is 0 Å². The van der Waals surface area contributed by atoms with Gasteiger partial charge in [0.1, 0.15) is 146 Å². The summed E-state index contributed by atoms with van der Waals surface area (Å²) in [5.41, 5.74) is 0. The molecule has 30 aliphatic rings. The van der Waals surface area contributed by atoms with Gasteiger partial charge in [-0.15, -0.1) is 0 Å². The van der Waals surface area contributed by atoms with Gasteiger partial charge in [0.15, 0.2) is 50.3 Å². The van der Waals surface area contributed by atoms with E-state index in [1.54, 1.807) is 0 Å². The van der Waals surface area contributed by atoms with Gasteiger partial charge in [-0.25, -0.2) is 0 Å². The molecule has 30 aliphatic heterocycles. The highest BCUT2D eigenvalue weighted by Crippen LogP contribution is 2.43. The summed E-state index contributed by atoms with van der Waals surface area (Å²) in [6, 6.07) is 0. The Bertz CT molecular complexity index is 2860. The lowest BCUT2D eigenvalue weighted by Crippen LogP contribution is -2.69. The third-order valence-corrected chi connectivity index (χ3v) is 28.6. The van der Waals surface area contributed by atoms with Crippen LogP contribution in [0, 0.1) is 0 Å². The standard InChI is InChI=1S/C68H114O38S8/c1-6-14-111-22-30-57-41(79)49(87)65(95-30)104-58-32(24-113-16-12-35(71)72)97-67(51(89)43(58)81)106-60-33(25-114-17-13-36(73)74)98-68(52(90)44(60)82)105-59-31(23-112-15-11-34(69)70)96-66(50(88)42(59)80)102-56-29(21-110-10-5)93-63(47(85)39(56)77)100-54-27(19-108-8-3)91-61(45(83)37(54)75)99-53-26(18-107-7-2)92-62(46(84)38(53)76)101-55-28(20-109-9-4)94-64(103-57)48(86)40(55)78/h26-33,37-68,75-90H,6-25H2,1-5H3,(H,69,70)(H,71,72)(H,73,74)/t26?,27?,28?,29?,30?,31?,32?,33?,37-,38-,39-,40-,41-,42-,43-,44-,45?,46?,47?,48?,49?,50+,51?,52?,53-,54-,55-,56-,57-,58-,59-,60-,61+,62-,63-,64-,65-,66?,67-,68-/m1/s1. The molecule has 19 N–H and O–H groups in total. The number of rotatable bonds is 31. The van der Waals surface area contributed by atoms with E-state index >= 15 is 0 Å². The van der Waals surface area contributed by atoms with E-state index in [2.05, 4.69) is 0 Å². The van der Waals surface area contributed by atoms with Crippen LogP contribution < -0.4 is 0 Å². The molecule has 16 bridgehead atoms. The smallest absolute Gasteiger partial charge is 0.304 e. The monoisotopic (exact) mass is 1790 g/mol. The topological polar surface area (TPSA) is 583 Å². The van der Waals surface area contributed by atoms with Gasteiger partial charge in [0.2, 0.25) is 0 Å². The van der Waals surface area contributed by atoms with Crippen LogP contribution in [0.15, 0.2) is 0 Å². The van der Waals surface area contributed by atoms with Gasteiger partial charge in [0, 0.05) is 63.3 Å². The molecule has 30 rings (SSSR count). The maximum Gasteiger partial charge on any atom is 0.304 e. The summed E-state index contributed by atoms with van der Waals surface area (Å²) < 4.78 is 102. The van der Waals surface area contributed by atoms with Crippen molar-refractivity contribution in [3.05, 3.63) is 0 Å². The van der Waals surface area contributed by atoms with Crippen LogP contribution in [0.4, 0.5) is 0 Å². The lowest BCUT2D eigenvalue weighted by atomic mass is 9.95. The number of aliphatic hydroxyl groups is 16. The lowest BCUT2D eigenvalue weighted by molar-refractivity contribution is -0.396. The highest BCUT2D eigenvalue weighted by molar-refractivity contribution is 8.00. The Kier molecular flexibility index (Phi) is 40.6. The second kappa shape index (κ2) is 47.3.